The number of carboxylic acid groups (broad SMARTS) is 1. The Kier molecular flexibility index (Phi) is 4.79. The average Bonchev–Trinajstić information content (AvgIpc) is 2.88. The highest BCUT2D eigenvalue weighted by Gasteiger charge is 2.26. The molecule has 1 aromatic carbocycles. The molecule has 6 N–H and O–H groups in total. The molecular formula is C15H19N3O4. The molecule has 3 unspecified atom stereocenters. The molecule has 7 heteroatoms. The highest BCUT2D eigenvalue weighted by Crippen LogP contribution is 2.19. The van der Waals surface area contributed by atoms with Gasteiger partial charge in [0.05, 0.1) is 6.10 Å². The van der Waals surface area contributed by atoms with Crippen molar-refractivity contribution in [2.75, 3.05) is 0 Å². The maximum Gasteiger partial charge on any atom is 0.326 e. The minimum absolute atomic E-state index is 0.123. The summed E-state index contributed by atoms with van der Waals surface area (Å²) in [6.07, 6.45) is 0.793. The number of benzene rings is 1. The molecule has 0 spiro atoms. The first-order valence-corrected chi connectivity index (χ1v) is 6.92. The number of nitrogens with two attached hydrogens (primary N) is 1. The van der Waals surface area contributed by atoms with Crippen LogP contribution in [0, 0.1) is 0 Å². The second-order valence-corrected chi connectivity index (χ2v) is 5.23. The van der Waals surface area contributed by atoms with Crippen molar-refractivity contribution in [2.45, 2.75) is 31.5 Å². The van der Waals surface area contributed by atoms with Gasteiger partial charge in [-0.05, 0) is 18.6 Å². The lowest BCUT2D eigenvalue weighted by molar-refractivity contribution is -0.142. The van der Waals surface area contributed by atoms with Crippen LogP contribution in [-0.4, -0.2) is 45.3 Å². The van der Waals surface area contributed by atoms with Gasteiger partial charge in [-0.3, -0.25) is 4.79 Å². The third-order valence-corrected chi connectivity index (χ3v) is 3.54. The molecule has 2 aromatic rings. The molecule has 0 aliphatic rings. The number of aliphatic hydroxyl groups excluding tert-OH is 1. The number of aromatic amines is 1. The van der Waals surface area contributed by atoms with Gasteiger partial charge in [-0.1, -0.05) is 18.2 Å². The SMILES string of the molecule is CC(O)C(N)C(=O)NC(Cc1c[nH]c2ccccc12)C(=O)O. The van der Waals surface area contributed by atoms with Crippen molar-refractivity contribution in [2.24, 2.45) is 5.73 Å². The van der Waals surface area contributed by atoms with Gasteiger partial charge in [-0.15, -0.1) is 0 Å². The summed E-state index contributed by atoms with van der Waals surface area (Å²) in [5, 5.41) is 21.9. The van der Waals surface area contributed by atoms with E-state index in [1.54, 1.807) is 6.20 Å². The lowest BCUT2D eigenvalue weighted by Crippen LogP contribution is -2.52. The first-order chi connectivity index (χ1) is 10.4. The Morgan fingerprint density at radius 3 is 2.68 bits per heavy atom. The monoisotopic (exact) mass is 305 g/mol. The molecule has 0 aliphatic carbocycles. The highest BCUT2D eigenvalue weighted by atomic mass is 16.4. The molecule has 0 fully saturated rings. The Hall–Kier alpha value is -2.38. The summed E-state index contributed by atoms with van der Waals surface area (Å²) < 4.78 is 0. The summed E-state index contributed by atoms with van der Waals surface area (Å²) in [4.78, 5) is 26.2. The number of carboxylic acids is 1. The topological polar surface area (TPSA) is 128 Å². The number of rotatable bonds is 6. The first kappa shape index (κ1) is 16.0. The zero-order valence-corrected chi connectivity index (χ0v) is 12.1. The van der Waals surface area contributed by atoms with Crippen molar-refractivity contribution >= 4 is 22.8 Å². The van der Waals surface area contributed by atoms with Gasteiger partial charge in [0.1, 0.15) is 12.1 Å². The van der Waals surface area contributed by atoms with Gasteiger partial charge >= 0.3 is 5.97 Å². The van der Waals surface area contributed by atoms with Crippen LogP contribution in [0.25, 0.3) is 10.9 Å². The molecule has 3 atom stereocenters. The van der Waals surface area contributed by atoms with E-state index in [0.717, 1.165) is 16.5 Å². The molecular weight excluding hydrogens is 286 g/mol. The maximum absolute atomic E-state index is 11.8. The van der Waals surface area contributed by atoms with E-state index >= 15 is 0 Å². The van der Waals surface area contributed by atoms with Crippen molar-refractivity contribution in [1.82, 2.24) is 10.3 Å². The van der Waals surface area contributed by atoms with Crippen molar-refractivity contribution in [1.29, 1.82) is 0 Å². The van der Waals surface area contributed by atoms with Crippen molar-refractivity contribution in [3.05, 3.63) is 36.0 Å². The average molecular weight is 305 g/mol. The van der Waals surface area contributed by atoms with Gasteiger partial charge in [0.25, 0.3) is 0 Å². The van der Waals surface area contributed by atoms with Crippen molar-refractivity contribution in [3.8, 4) is 0 Å². The number of H-pyrrole nitrogens is 1. The second kappa shape index (κ2) is 6.59. The smallest absolute Gasteiger partial charge is 0.326 e. The molecule has 0 saturated heterocycles. The van der Waals surface area contributed by atoms with Crippen LogP contribution in [0.1, 0.15) is 12.5 Å². The highest BCUT2D eigenvalue weighted by molar-refractivity contribution is 5.88. The number of aromatic nitrogens is 1. The number of nitrogens with one attached hydrogen (secondary N) is 2. The lowest BCUT2D eigenvalue weighted by Gasteiger charge is -2.19. The van der Waals surface area contributed by atoms with Crippen molar-refractivity contribution in [3.63, 3.8) is 0 Å². The molecule has 1 aromatic heterocycles. The van der Waals surface area contributed by atoms with Crippen molar-refractivity contribution < 1.29 is 19.8 Å². The largest absolute Gasteiger partial charge is 0.480 e. The molecule has 0 bridgehead atoms. The summed E-state index contributed by atoms with van der Waals surface area (Å²) in [7, 11) is 0. The zero-order chi connectivity index (χ0) is 16.3. The Bertz CT molecular complexity index is 680. The molecule has 7 nitrogen and oxygen atoms in total. The van der Waals surface area contributed by atoms with Gasteiger partial charge in [0, 0.05) is 23.5 Å². The maximum atomic E-state index is 11.8. The Labute approximate surface area is 127 Å². The molecule has 0 radical (unpaired) electrons. The molecule has 0 saturated carbocycles. The Morgan fingerprint density at radius 1 is 1.36 bits per heavy atom. The fourth-order valence-electron chi connectivity index (χ4n) is 2.21. The van der Waals surface area contributed by atoms with Gasteiger partial charge in [0.2, 0.25) is 5.91 Å². The van der Waals surface area contributed by atoms with E-state index in [9.17, 15) is 19.8 Å². The van der Waals surface area contributed by atoms with Gasteiger partial charge in [0.15, 0.2) is 0 Å². The van der Waals surface area contributed by atoms with E-state index in [2.05, 4.69) is 10.3 Å². The van der Waals surface area contributed by atoms with Crippen LogP contribution in [0.3, 0.4) is 0 Å². The van der Waals surface area contributed by atoms with E-state index in [-0.39, 0.29) is 6.42 Å². The van der Waals surface area contributed by atoms with Crippen LogP contribution in [0.2, 0.25) is 0 Å². The van der Waals surface area contributed by atoms with Gasteiger partial charge in [-0.2, -0.15) is 0 Å². The van der Waals surface area contributed by atoms with Crippen LogP contribution < -0.4 is 11.1 Å². The molecule has 2 rings (SSSR count). The normalized spacial score (nSPS) is 15.2. The van der Waals surface area contributed by atoms with E-state index in [4.69, 9.17) is 5.73 Å². The molecule has 1 amide bonds. The van der Waals surface area contributed by atoms with E-state index in [1.165, 1.54) is 6.92 Å². The first-order valence-electron chi connectivity index (χ1n) is 6.92. The number of aliphatic carboxylic acids is 1. The summed E-state index contributed by atoms with van der Waals surface area (Å²) in [5.74, 6) is -1.85. The quantitative estimate of drug-likeness (QED) is 0.512. The number of amides is 1. The van der Waals surface area contributed by atoms with Crippen LogP contribution in [0.15, 0.2) is 30.5 Å². The molecule has 1 heterocycles. The minimum Gasteiger partial charge on any atom is -0.480 e. The van der Waals surface area contributed by atoms with Gasteiger partial charge in [-0.25, -0.2) is 4.79 Å². The number of hydrogen-bond acceptors (Lipinski definition) is 4. The van der Waals surface area contributed by atoms with Crippen LogP contribution in [0.5, 0.6) is 0 Å². The fraction of sp³-hybridized carbons (Fsp3) is 0.333. The number of hydrogen-bond donors (Lipinski definition) is 5. The summed E-state index contributed by atoms with van der Waals surface area (Å²) in [6, 6.07) is 5.22. The number of para-hydroxylation sites is 1. The minimum atomic E-state index is -1.16. The predicted molar refractivity (Wildman–Crippen MR) is 81.2 cm³/mol. The van der Waals surface area contributed by atoms with Crippen LogP contribution in [-0.2, 0) is 16.0 Å². The summed E-state index contributed by atoms with van der Waals surface area (Å²) >= 11 is 0. The lowest BCUT2D eigenvalue weighted by atomic mass is 10.0. The van der Waals surface area contributed by atoms with Crippen LogP contribution >= 0.6 is 0 Å². The second-order valence-electron chi connectivity index (χ2n) is 5.23. The molecule has 0 aliphatic heterocycles. The number of carbonyl (C=O) groups excluding carboxylic acids is 1. The summed E-state index contributed by atoms with van der Waals surface area (Å²) in [6.45, 7) is 1.37. The summed E-state index contributed by atoms with van der Waals surface area (Å²) in [5.41, 5.74) is 7.19. The zero-order valence-electron chi connectivity index (χ0n) is 12.1. The van der Waals surface area contributed by atoms with E-state index in [0.29, 0.717) is 0 Å². The molecule has 22 heavy (non-hydrogen) atoms. The Morgan fingerprint density at radius 2 is 2.05 bits per heavy atom. The number of aliphatic hydroxyl groups is 1. The van der Waals surface area contributed by atoms with E-state index < -0.39 is 30.1 Å². The number of carbonyl (C=O) groups is 2. The Balaban J connectivity index is 2.16. The van der Waals surface area contributed by atoms with Crippen LogP contribution in [0.4, 0.5) is 0 Å². The number of fused-ring (bicyclic) bond motifs is 1. The standard InChI is InChI=1S/C15H19N3O4/c1-8(19)13(16)14(20)18-12(15(21)22)6-9-7-17-11-5-3-2-4-10(9)11/h2-5,7-8,12-13,17,19H,6,16H2,1H3,(H,18,20)(H,21,22). The fourth-order valence-corrected chi connectivity index (χ4v) is 2.21. The predicted octanol–water partition coefficient (Wildman–Crippen LogP) is -0.0121. The molecule has 118 valence electrons. The third-order valence-electron chi connectivity index (χ3n) is 3.54. The third kappa shape index (κ3) is 3.44. The van der Waals surface area contributed by atoms with E-state index in [1.807, 2.05) is 24.3 Å². The van der Waals surface area contributed by atoms with Gasteiger partial charge < -0.3 is 26.2 Å².